The van der Waals surface area contributed by atoms with E-state index in [1.165, 1.54) is 30.4 Å². The van der Waals surface area contributed by atoms with Crippen molar-refractivity contribution in [1.82, 2.24) is 0 Å². The zero-order valence-corrected chi connectivity index (χ0v) is 17.3. The Hall–Kier alpha value is -1.67. The molecule has 2 aromatic rings. The molecule has 2 bridgehead atoms. The maximum absolute atomic E-state index is 6.31. The fraction of sp³-hybridized carbons (Fsp3) is 0.480. The van der Waals surface area contributed by atoms with Crippen LogP contribution in [0.5, 0.6) is 0 Å². The summed E-state index contributed by atoms with van der Waals surface area (Å²) in [4.78, 5) is 0.709. The van der Waals surface area contributed by atoms with E-state index in [-0.39, 0.29) is 10.8 Å². The lowest BCUT2D eigenvalue weighted by atomic mass is 9.47. The van der Waals surface area contributed by atoms with Gasteiger partial charge in [-0.3, -0.25) is 0 Å². The third kappa shape index (κ3) is 3.45. The second-order valence-electron chi connectivity index (χ2n) is 9.45. The minimum atomic E-state index is -0.0385. The highest BCUT2D eigenvalue weighted by molar-refractivity contribution is 7.80. The summed E-state index contributed by atoms with van der Waals surface area (Å²) in [6, 6.07) is 22.1. The number of fused-ring (bicyclic) bond motifs is 2. The van der Waals surface area contributed by atoms with Gasteiger partial charge in [-0.15, -0.1) is 0 Å². The van der Waals surface area contributed by atoms with Crippen LogP contribution >= 0.6 is 12.2 Å². The highest BCUT2D eigenvalue weighted by Crippen LogP contribution is 2.60. The van der Waals surface area contributed by atoms with Gasteiger partial charge in [-0.25, -0.2) is 0 Å². The van der Waals surface area contributed by atoms with Crippen molar-refractivity contribution in [2.45, 2.75) is 51.4 Å². The van der Waals surface area contributed by atoms with Crippen LogP contribution in [0, 0.1) is 23.2 Å². The van der Waals surface area contributed by atoms with Crippen molar-refractivity contribution in [3.8, 4) is 0 Å². The van der Waals surface area contributed by atoms with Gasteiger partial charge in [0.25, 0.3) is 0 Å². The Morgan fingerprint density at radius 1 is 1.00 bits per heavy atom. The molecule has 5 unspecified atom stereocenters. The molecule has 2 N–H and O–H groups in total. The summed E-state index contributed by atoms with van der Waals surface area (Å²) in [7, 11) is 0. The number of rotatable bonds is 4. The SMILES string of the molecule is CC1CC2(c3ccccc3)CC(CC(C)(C(N)=S)C2)C1Cc1ccccc1. The first kappa shape index (κ1) is 18.7. The standard InChI is InChI=1S/C25H31NS/c1-18-14-25(21-11-7-4-8-12-21)16-20(15-24(2,17-25)23(26)27)22(18)13-19-9-5-3-6-10-19/h3-12,18,20,22H,13-17H2,1-2H3,(H2,26,27). The van der Waals surface area contributed by atoms with Crippen molar-refractivity contribution in [2.75, 3.05) is 0 Å². The van der Waals surface area contributed by atoms with Gasteiger partial charge in [-0.05, 0) is 66.4 Å². The largest absolute Gasteiger partial charge is 0.393 e. The molecule has 2 fully saturated rings. The summed E-state index contributed by atoms with van der Waals surface area (Å²) in [5.41, 5.74) is 9.43. The topological polar surface area (TPSA) is 26.0 Å². The summed E-state index contributed by atoms with van der Waals surface area (Å²) in [5.74, 6) is 2.09. The van der Waals surface area contributed by atoms with E-state index in [1.54, 1.807) is 0 Å². The molecule has 2 aliphatic rings. The Morgan fingerprint density at radius 3 is 2.26 bits per heavy atom. The van der Waals surface area contributed by atoms with Gasteiger partial charge in [0.15, 0.2) is 0 Å². The Bertz CT molecular complexity index is 798. The summed E-state index contributed by atoms with van der Waals surface area (Å²) < 4.78 is 0. The molecule has 0 heterocycles. The van der Waals surface area contributed by atoms with Crippen LogP contribution < -0.4 is 5.73 Å². The molecule has 27 heavy (non-hydrogen) atoms. The van der Waals surface area contributed by atoms with E-state index in [4.69, 9.17) is 18.0 Å². The van der Waals surface area contributed by atoms with Gasteiger partial charge in [0.1, 0.15) is 0 Å². The predicted octanol–water partition coefficient (Wildman–Crippen LogP) is 5.92. The summed E-state index contributed by atoms with van der Waals surface area (Å²) in [6.07, 6.45) is 5.92. The maximum atomic E-state index is 6.31. The molecule has 2 heteroatoms. The van der Waals surface area contributed by atoms with E-state index >= 15 is 0 Å². The molecule has 0 spiro atoms. The Labute approximate surface area is 169 Å². The van der Waals surface area contributed by atoms with Gasteiger partial charge in [-0.1, -0.05) is 86.7 Å². The number of thiocarbonyl (C=S) groups is 1. The van der Waals surface area contributed by atoms with Crippen molar-refractivity contribution in [2.24, 2.45) is 28.9 Å². The minimum absolute atomic E-state index is 0.0385. The zero-order valence-electron chi connectivity index (χ0n) is 16.5. The fourth-order valence-corrected chi connectivity index (χ4v) is 6.46. The molecule has 0 aliphatic heterocycles. The van der Waals surface area contributed by atoms with Crippen molar-refractivity contribution in [3.05, 3.63) is 71.8 Å². The zero-order chi connectivity index (χ0) is 19.1. The van der Waals surface area contributed by atoms with E-state index in [2.05, 4.69) is 74.5 Å². The molecular formula is C25H31NS. The van der Waals surface area contributed by atoms with Crippen LogP contribution in [0.1, 0.15) is 50.7 Å². The van der Waals surface area contributed by atoms with Crippen molar-refractivity contribution >= 4 is 17.2 Å². The lowest BCUT2D eigenvalue weighted by molar-refractivity contribution is 0.00446. The van der Waals surface area contributed by atoms with E-state index in [1.807, 2.05) is 0 Å². The smallest absolute Gasteiger partial charge is 0.0787 e. The molecule has 0 amide bonds. The first-order chi connectivity index (χ1) is 12.9. The molecule has 2 saturated carbocycles. The van der Waals surface area contributed by atoms with Crippen LogP contribution in [0.3, 0.4) is 0 Å². The average Bonchev–Trinajstić information content (AvgIpc) is 2.66. The fourth-order valence-electron chi connectivity index (χ4n) is 6.31. The molecular weight excluding hydrogens is 346 g/mol. The van der Waals surface area contributed by atoms with Crippen LogP contribution in [-0.2, 0) is 11.8 Å². The van der Waals surface area contributed by atoms with Crippen LogP contribution in [0.2, 0.25) is 0 Å². The molecule has 2 aliphatic carbocycles. The second kappa shape index (κ2) is 7.05. The highest BCUT2D eigenvalue weighted by Gasteiger charge is 2.54. The van der Waals surface area contributed by atoms with Gasteiger partial charge in [-0.2, -0.15) is 0 Å². The Balaban J connectivity index is 1.71. The van der Waals surface area contributed by atoms with Crippen LogP contribution in [0.4, 0.5) is 0 Å². The van der Waals surface area contributed by atoms with E-state index in [9.17, 15) is 0 Å². The summed E-state index contributed by atoms with van der Waals surface area (Å²) in [5, 5.41) is 0. The van der Waals surface area contributed by atoms with Gasteiger partial charge >= 0.3 is 0 Å². The lowest BCUT2D eigenvalue weighted by Crippen LogP contribution is -2.53. The average molecular weight is 378 g/mol. The van der Waals surface area contributed by atoms with Crippen LogP contribution in [0.25, 0.3) is 0 Å². The minimum Gasteiger partial charge on any atom is -0.393 e. The predicted molar refractivity (Wildman–Crippen MR) is 118 cm³/mol. The Morgan fingerprint density at radius 2 is 1.63 bits per heavy atom. The third-order valence-corrected chi connectivity index (χ3v) is 7.93. The van der Waals surface area contributed by atoms with E-state index in [0.717, 1.165) is 12.8 Å². The first-order valence-corrected chi connectivity index (χ1v) is 10.7. The third-order valence-electron chi connectivity index (χ3n) is 7.44. The number of benzene rings is 2. The monoisotopic (exact) mass is 377 g/mol. The van der Waals surface area contributed by atoms with Crippen molar-refractivity contribution in [3.63, 3.8) is 0 Å². The molecule has 0 radical (unpaired) electrons. The number of nitrogens with two attached hydrogens (primary N) is 1. The van der Waals surface area contributed by atoms with Crippen LogP contribution in [-0.4, -0.2) is 4.99 Å². The molecule has 2 aromatic carbocycles. The molecule has 142 valence electrons. The van der Waals surface area contributed by atoms with Crippen LogP contribution in [0.15, 0.2) is 60.7 Å². The van der Waals surface area contributed by atoms with E-state index < -0.39 is 0 Å². The van der Waals surface area contributed by atoms with Gasteiger partial charge in [0.2, 0.25) is 0 Å². The quantitative estimate of drug-likeness (QED) is 0.670. The summed E-state index contributed by atoms with van der Waals surface area (Å²) in [6.45, 7) is 4.79. The highest BCUT2D eigenvalue weighted by atomic mass is 32.1. The van der Waals surface area contributed by atoms with Crippen molar-refractivity contribution < 1.29 is 0 Å². The number of hydrogen-bond acceptors (Lipinski definition) is 1. The van der Waals surface area contributed by atoms with Crippen molar-refractivity contribution in [1.29, 1.82) is 0 Å². The molecule has 5 atom stereocenters. The lowest BCUT2D eigenvalue weighted by Gasteiger charge is -2.57. The van der Waals surface area contributed by atoms with E-state index in [0.29, 0.717) is 22.7 Å². The molecule has 4 rings (SSSR count). The van der Waals surface area contributed by atoms with Gasteiger partial charge in [0, 0.05) is 5.41 Å². The first-order valence-electron chi connectivity index (χ1n) is 10.3. The second-order valence-corrected chi connectivity index (χ2v) is 9.89. The Kier molecular flexibility index (Phi) is 4.88. The number of hydrogen-bond donors (Lipinski definition) is 1. The summed E-state index contributed by atoms with van der Waals surface area (Å²) >= 11 is 5.58. The molecule has 0 aromatic heterocycles. The van der Waals surface area contributed by atoms with Gasteiger partial charge < -0.3 is 5.73 Å². The maximum Gasteiger partial charge on any atom is 0.0787 e. The molecule has 1 nitrogen and oxygen atoms in total. The molecule has 0 saturated heterocycles. The van der Waals surface area contributed by atoms with Gasteiger partial charge in [0.05, 0.1) is 4.99 Å². The normalized spacial score (nSPS) is 35.6.